The first-order valence-corrected chi connectivity index (χ1v) is 10.0. The van der Waals surface area contributed by atoms with E-state index in [1.54, 1.807) is 14.2 Å². The lowest BCUT2D eigenvalue weighted by molar-refractivity contribution is -0.111. The predicted octanol–water partition coefficient (Wildman–Crippen LogP) is 4.62. The van der Waals surface area contributed by atoms with Crippen molar-refractivity contribution < 1.29 is 23.5 Å². The van der Waals surface area contributed by atoms with Crippen molar-refractivity contribution in [3.05, 3.63) is 48.0 Å². The molecule has 6 heteroatoms. The van der Waals surface area contributed by atoms with Gasteiger partial charge in [0.2, 0.25) is 0 Å². The van der Waals surface area contributed by atoms with E-state index in [-0.39, 0.29) is 30.7 Å². The molecule has 28 heavy (non-hydrogen) atoms. The van der Waals surface area contributed by atoms with Gasteiger partial charge in [0.1, 0.15) is 0 Å². The minimum Gasteiger partial charge on any atom is -0.403 e. The van der Waals surface area contributed by atoms with E-state index in [4.69, 9.17) is 23.5 Å². The Hall–Kier alpha value is -1.18. The van der Waals surface area contributed by atoms with Crippen molar-refractivity contribution in [1.82, 2.24) is 0 Å². The molecule has 1 aliphatic heterocycles. The van der Waals surface area contributed by atoms with Crippen LogP contribution in [0.4, 0.5) is 0 Å². The Labute approximate surface area is 170 Å². The number of hydrogen-bond donors (Lipinski definition) is 0. The Kier molecular flexibility index (Phi) is 8.71. The predicted molar refractivity (Wildman–Crippen MR) is 112 cm³/mol. The van der Waals surface area contributed by atoms with E-state index in [9.17, 15) is 0 Å². The maximum atomic E-state index is 6.13. The summed E-state index contributed by atoms with van der Waals surface area (Å²) in [5, 5.41) is 0. The van der Waals surface area contributed by atoms with Gasteiger partial charge in [-0.05, 0) is 39.7 Å². The van der Waals surface area contributed by atoms with E-state index in [0.717, 1.165) is 18.4 Å². The van der Waals surface area contributed by atoms with E-state index < -0.39 is 0 Å². The van der Waals surface area contributed by atoms with Gasteiger partial charge in [-0.25, -0.2) is 0 Å². The van der Waals surface area contributed by atoms with Gasteiger partial charge in [-0.1, -0.05) is 42.5 Å². The Morgan fingerprint density at radius 3 is 2.14 bits per heavy atom. The van der Waals surface area contributed by atoms with Crippen LogP contribution in [-0.4, -0.2) is 44.9 Å². The van der Waals surface area contributed by atoms with Crippen molar-refractivity contribution >= 4 is 7.12 Å². The molecule has 0 aromatic heterocycles. The Balaban J connectivity index is 1.91. The fourth-order valence-corrected chi connectivity index (χ4v) is 3.05. The summed E-state index contributed by atoms with van der Waals surface area (Å²) in [6.07, 6.45) is 6.18. The summed E-state index contributed by atoms with van der Waals surface area (Å²) in [6.45, 7) is 8.84. The smallest absolute Gasteiger partial charge is 0.403 e. The molecule has 1 unspecified atom stereocenters. The molecule has 0 saturated carbocycles. The van der Waals surface area contributed by atoms with E-state index in [2.05, 4.69) is 52.0 Å². The van der Waals surface area contributed by atoms with E-state index in [1.807, 2.05) is 18.2 Å². The summed E-state index contributed by atoms with van der Waals surface area (Å²) in [5.74, 6) is 0. The Bertz CT molecular complexity index is 582. The van der Waals surface area contributed by atoms with Gasteiger partial charge in [0, 0.05) is 27.0 Å². The number of methoxy groups -OCH3 is 2. The van der Waals surface area contributed by atoms with Gasteiger partial charge in [-0.15, -0.1) is 0 Å². The number of ether oxygens (including phenoxy) is 3. The number of benzene rings is 1. The fourth-order valence-electron chi connectivity index (χ4n) is 3.05. The topological polar surface area (TPSA) is 46.2 Å². The van der Waals surface area contributed by atoms with Crippen molar-refractivity contribution in [2.24, 2.45) is 0 Å². The second kappa shape index (κ2) is 10.6. The Morgan fingerprint density at radius 2 is 1.57 bits per heavy atom. The average Bonchev–Trinajstić information content (AvgIpc) is 2.87. The average molecular weight is 390 g/mol. The molecule has 1 aliphatic rings. The number of hydrogen-bond acceptors (Lipinski definition) is 5. The van der Waals surface area contributed by atoms with Crippen LogP contribution in [-0.2, 0) is 30.1 Å². The van der Waals surface area contributed by atoms with Gasteiger partial charge in [0.15, 0.2) is 6.29 Å². The van der Waals surface area contributed by atoms with Crippen LogP contribution in [0.3, 0.4) is 0 Å². The molecule has 1 fully saturated rings. The summed E-state index contributed by atoms with van der Waals surface area (Å²) >= 11 is 0. The largest absolute Gasteiger partial charge is 0.461 e. The molecule has 0 aliphatic carbocycles. The third-order valence-electron chi connectivity index (χ3n) is 5.50. The molecular weight excluding hydrogens is 355 g/mol. The van der Waals surface area contributed by atoms with Crippen LogP contribution in [0.15, 0.2) is 42.5 Å². The molecule has 0 amide bonds. The van der Waals surface area contributed by atoms with Crippen LogP contribution in [0.25, 0.3) is 0 Å². The summed E-state index contributed by atoms with van der Waals surface area (Å²) in [5.41, 5.74) is 0.541. The first-order chi connectivity index (χ1) is 13.3. The van der Waals surface area contributed by atoms with E-state index >= 15 is 0 Å². The molecular formula is C22H35BO5. The van der Waals surface area contributed by atoms with Gasteiger partial charge in [-0.3, -0.25) is 0 Å². The summed E-state index contributed by atoms with van der Waals surface area (Å²) < 4.78 is 28.8. The molecule has 2 rings (SSSR count). The minimum atomic E-state index is -0.307. The molecule has 1 aromatic rings. The van der Waals surface area contributed by atoms with Crippen LogP contribution in [0, 0.1) is 0 Å². The number of allylic oxidation sites excluding steroid dienone is 1. The third kappa shape index (κ3) is 6.71. The number of rotatable bonds is 11. The summed E-state index contributed by atoms with van der Waals surface area (Å²) in [4.78, 5) is 0. The van der Waals surface area contributed by atoms with Crippen LogP contribution in [0.5, 0.6) is 0 Å². The van der Waals surface area contributed by atoms with Crippen molar-refractivity contribution in [3.63, 3.8) is 0 Å². The van der Waals surface area contributed by atoms with Gasteiger partial charge in [0.25, 0.3) is 0 Å². The van der Waals surface area contributed by atoms with Gasteiger partial charge < -0.3 is 23.5 Å². The second-order valence-corrected chi connectivity index (χ2v) is 8.16. The quantitative estimate of drug-likeness (QED) is 0.314. The lowest BCUT2D eigenvalue weighted by Crippen LogP contribution is -2.41. The zero-order valence-corrected chi connectivity index (χ0v) is 18.1. The van der Waals surface area contributed by atoms with Gasteiger partial charge in [-0.2, -0.15) is 0 Å². The van der Waals surface area contributed by atoms with Crippen molar-refractivity contribution in [1.29, 1.82) is 0 Å². The standard InChI is InChI=1S/C22H35BO5/c1-21(2)22(3,4)28-23(27-21)16-10-13-19(14-15-20(24-5)25-6)26-17-18-11-8-7-9-12-18/h7-13,19-20H,14-17H2,1-6H3/b13-10+. The molecule has 156 valence electrons. The highest BCUT2D eigenvalue weighted by molar-refractivity contribution is 6.46. The molecule has 1 aromatic carbocycles. The van der Waals surface area contributed by atoms with Crippen molar-refractivity contribution in [3.8, 4) is 0 Å². The molecule has 5 nitrogen and oxygen atoms in total. The zero-order valence-electron chi connectivity index (χ0n) is 18.1. The molecule has 0 spiro atoms. The molecule has 0 bridgehead atoms. The monoisotopic (exact) mass is 390 g/mol. The third-order valence-corrected chi connectivity index (χ3v) is 5.50. The van der Waals surface area contributed by atoms with E-state index in [0.29, 0.717) is 12.9 Å². The zero-order chi connectivity index (χ0) is 20.6. The van der Waals surface area contributed by atoms with Crippen molar-refractivity contribution in [2.75, 3.05) is 14.2 Å². The summed E-state index contributed by atoms with van der Waals surface area (Å²) in [7, 11) is 3.08. The summed E-state index contributed by atoms with van der Waals surface area (Å²) in [6, 6.07) is 10.2. The fraction of sp³-hybridized carbons (Fsp3) is 0.636. The van der Waals surface area contributed by atoms with E-state index in [1.165, 1.54) is 0 Å². The van der Waals surface area contributed by atoms with Crippen LogP contribution in [0.1, 0.15) is 46.1 Å². The Morgan fingerprint density at radius 1 is 0.964 bits per heavy atom. The van der Waals surface area contributed by atoms with Crippen LogP contribution < -0.4 is 0 Å². The second-order valence-electron chi connectivity index (χ2n) is 8.16. The maximum Gasteiger partial charge on any atom is 0.461 e. The van der Waals surface area contributed by atoms with Crippen LogP contribution >= 0.6 is 0 Å². The molecule has 0 N–H and O–H groups in total. The normalized spacial score (nSPS) is 19.6. The van der Waals surface area contributed by atoms with Gasteiger partial charge in [0.05, 0.1) is 23.9 Å². The molecule has 0 radical (unpaired) electrons. The first kappa shape index (κ1) is 23.1. The lowest BCUT2D eigenvalue weighted by atomic mass is 9.84. The first-order valence-electron chi connectivity index (χ1n) is 10.0. The highest BCUT2D eigenvalue weighted by Gasteiger charge is 2.50. The highest BCUT2D eigenvalue weighted by Crippen LogP contribution is 2.37. The minimum absolute atomic E-state index is 0.0320. The molecule has 1 saturated heterocycles. The van der Waals surface area contributed by atoms with Gasteiger partial charge >= 0.3 is 7.12 Å². The van der Waals surface area contributed by atoms with Crippen LogP contribution in [0.2, 0.25) is 6.32 Å². The molecule has 1 heterocycles. The lowest BCUT2D eigenvalue weighted by Gasteiger charge is -2.32. The highest BCUT2D eigenvalue weighted by atomic mass is 16.7. The SMILES string of the molecule is COC(CCC(/C=C/CB1OC(C)(C)C(C)(C)O1)OCc1ccccc1)OC. The van der Waals surface area contributed by atoms with Crippen molar-refractivity contribution in [2.45, 2.75) is 77.1 Å². The molecule has 1 atom stereocenters. The maximum absolute atomic E-state index is 6.13.